The van der Waals surface area contributed by atoms with Gasteiger partial charge in [-0.1, -0.05) is 0 Å². The van der Waals surface area contributed by atoms with E-state index in [1.165, 1.54) is 12.3 Å². The molecule has 14 heavy (non-hydrogen) atoms. The van der Waals surface area contributed by atoms with Crippen LogP contribution in [0, 0.1) is 0 Å². The lowest BCUT2D eigenvalue weighted by Crippen LogP contribution is -2.10. The van der Waals surface area contributed by atoms with E-state index < -0.39 is 19.0 Å². The normalized spacial score (nSPS) is 10.2. The molecule has 0 fully saturated rings. The number of nitrogens with zero attached hydrogens (tertiary/aromatic N) is 1. The average Bonchev–Trinajstić information content (AvgIpc) is 2.15. The first-order chi connectivity index (χ1) is 6.61. The van der Waals surface area contributed by atoms with Gasteiger partial charge in [0.1, 0.15) is 12.2 Å². The molecule has 0 unspecified atom stereocenters. The fraction of sp³-hybridized carbons (Fsp3) is 0.250. The molecule has 0 aliphatic carbocycles. The average molecular weight is 203 g/mol. The number of hydrogen-bond donors (Lipinski definition) is 1. The minimum atomic E-state index is -2.64. The highest BCUT2D eigenvalue weighted by Crippen LogP contribution is 2.16. The van der Waals surface area contributed by atoms with Gasteiger partial charge in [0.05, 0.1) is 6.20 Å². The molecule has 0 radical (unpaired) electrons. The van der Waals surface area contributed by atoms with Crippen LogP contribution in [0.2, 0.25) is 0 Å². The first kappa shape index (κ1) is 10.4. The lowest BCUT2D eigenvalue weighted by Gasteiger charge is -2.06. The van der Waals surface area contributed by atoms with Crippen molar-refractivity contribution >= 4 is 5.97 Å². The number of aromatic carboxylic acids is 1. The molecule has 0 aliphatic heterocycles. The van der Waals surface area contributed by atoms with Gasteiger partial charge in [0.25, 0.3) is 6.43 Å². The SMILES string of the molecule is O=C(O)c1ccncc1OCC(F)F. The molecule has 0 atom stereocenters. The van der Waals surface area contributed by atoms with E-state index in [0.717, 1.165) is 6.20 Å². The number of rotatable bonds is 4. The Balaban J connectivity index is 2.79. The van der Waals surface area contributed by atoms with Crippen LogP contribution in [-0.2, 0) is 0 Å². The van der Waals surface area contributed by atoms with Crippen LogP contribution in [0.15, 0.2) is 18.5 Å². The second kappa shape index (κ2) is 4.50. The molecular formula is C8H7F2NO3. The third-order valence-corrected chi connectivity index (χ3v) is 1.38. The molecule has 4 nitrogen and oxygen atoms in total. The quantitative estimate of drug-likeness (QED) is 0.803. The van der Waals surface area contributed by atoms with E-state index in [1.54, 1.807) is 0 Å². The van der Waals surface area contributed by atoms with Gasteiger partial charge in [-0.25, -0.2) is 13.6 Å². The summed E-state index contributed by atoms with van der Waals surface area (Å²) < 4.78 is 28.1. The smallest absolute Gasteiger partial charge is 0.339 e. The largest absolute Gasteiger partial charge is 0.485 e. The van der Waals surface area contributed by atoms with Crippen LogP contribution in [0.5, 0.6) is 5.75 Å². The first-order valence-corrected chi connectivity index (χ1v) is 3.69. The molecule has 1 heterocycles. The van der Waals surface area contributed by atoms with Crippen LogP contribution >= 0.6 is 0 Å². The van der Waals surface area contributed by atoms with Gasteiger partial charge in [0.2, 0.25) is 0 Å². The number of carboxylic acids is 1. The molecule has 0 saturated carbocycles. The second-order valence-electron chi connectivity index (χ2n) is 2.38. The molecule has 0 saturated heterocycles. The molecule has 0 bridgehead atoms. The maximum absolute atomic E-state index is 11.8. The molecular weight excluding hydrogens is 196 g/mol. The van der Waals surface area contributed by atoms with Crippen molar-refractivity contribution in [2.45, 2.75) is 6.43 Å². The van der Waals surface area contributed by atoms with Crippen LogP contribution in [0.4, 0.5) is 8.78 Å². The van der Waals surface area contributed by atoms with Crippen molar-refractivity contribution in [1.29, 1.82) is 0 Å². The summed E-state index contributed by atoms with van der Waals surface area (Å²) in [6, 6.07) is 1.18. The first-order valence-electron chi connectivity index (χ1n) is 3.69. The molecule has 1 N–H and O–H groups in total. The summed E-state index contributed by atoms with van der Waals surface area (Å²) in [5.74, 6) is -1.39. The minimum Gasteiger partial charge on any atom is -0.485 e. The van der Waals surface area contributed by atoms with Crippen molar-refractivity contribution < 1.29 is 23.4 Å². The summed E-state index contributed by atoms with van der Waals surface area (Å²) in [4.78, 5) is 14.1. The lowest BCUT2D eigenvalue weighted by atomic mass is 10.2. The Kier molecular flexibility index (Phi) is 3.33. The highest BCUT2D eigenvalue weighted by molar-refractivity contribution is 5.90. The molecule has 0 aliphatic rings. The number of pyridine rings is 1. The van der Waals surface area contributed by atoms with E-state index in [2.05, 4.69) is 9.72 Å². The predicted molar refractivity (Wildman–Crippen MR) is 42.7 cm³/mol. The Hall–Kier alpha value is -1.72. The van der Waals surface area contributed by atoms with Crippen molar-refractivity contribution in [3.63, 3.8) is 0 Å². The molecule has 6 heteroatoms. The summed E-state index contributed by atoms with van der Waals surface area (Å²) in [7, 11) is 0. The fourth-order valence-corrected chi connectivity index (χ4v) is 0.824. The number of hydrogen-bond acceptors (Lipinski definition) is 3. The van der Waals surface area contributed by atoms with Crippen LogP contribution in [-0.4, -0.2) is 29.1 Å². The van der Waals surface area contributed by atoms with Crippen LogP contribution in [0.3, 0.4) is 0 Å². The molecule has 76 valence electrons. The van der Waals surface area contributed by atoms with E-state index in [0.29, 0.717) is 0 Å². The van der Waals surface area contributed by atoms with E-state index in [-0.39, 0.29) is 11.3 Å². The number of halogens is 2. The summed E-state index contributed by atoms with van der Waals surface area (Å²) in [5, 5.41) is 8.64. The molecule has 1 rings (SSSR count). The van der Waals surface area contributed by atoms with Gasteiger partial charge in [0, 0.05) is 6.20 Å². The zero-order valence-corrected chi connectivity index (χ0v) is 6.98. The van der Waals surface area contributed by atoms with E-state index in [9.17, 15) is 13.6 Å². The maximum Gasteiger partial charge on any atom is 0.339 e. The molecule has 0 aromatic carbocycles. The molecule has 0 spiro atoms. The van der Waals surface area contributed by atoms with E-state index in [1.807, 2.05) is 0 Å². The van der Waals surface area contributed by atoms with Gasteiger partial charge in [0.15, 0.2) is 5.75 Å². The Labute approximate surface area is 78.1 Å². The molecule has 1 aromatic rings. The van der Waals surface area contributed by atoms with Crippen molar-refractivity contribution in [2.24, 2.45) is 0 Å². The third kappa shape index (κ3) is 2.65. The maximum atomic E-state index is 11.8. The second-order valence-corrected chi connectivity index (χ2v) is 2.38. The highest BCUT2D eigenvalue weighted by Gasteiger charge is 2.12. The Bertz CT molecular complexity index is 330. The van der Waals surface area contributed by atoms with Crippen LogP contribution in [0.25, 0.3) is 0 Å². The van der Waals surface area contributed by atoms with Crippen molar-refractivity contribution in [1.82, 2.24) is 4.98 Å². The van der Waals surface area contributed by atoms with Crippen molar-refractivity contribution in [3.8, 4) is 5.75 Å². The third-order valence-electron chi connectivity index (χ3n) is 1.38. The zero-order valence-electron chi connectivity index (χ0n) is 6.98. The van der Waals surface area contributed by atoms with Gasteiger partial charge in [-0.3, -0.25) is 4.98 Å². The standard InChI is InChI=1S/C8H7F2NO3/c9-7(10)4-14-6-3-11-2-1-5(6)8(12)13/h1-3,7H,4H2,(H,12,13). The summed E-state index contributed by atoms with van der Waals surface area (Å²) in [6.45, 7) is -0.841. The van der Waals surface area contributed by atoms with Crippen LogP contribution in [0.1, 0.15) is 10.4 Å². The van der Waals surface area contributed by atoms with Gasteiger partial charge in [-0.15, -0.1) is 0 Å². The van der Waals surface area contributed by atoms with Gasteiger partial charge in [-0.2, -0.15) is 0 Å². The topological polar surface area (TPSA) is 59.4 Å². The zero-order chi connectivity index (χ0) is 10.6. The summed E-state index contributed by atoms with van der Waals surface area (Å²) in [6.07, 6.45) is -0.304. The number of carbonyl (C=O) groups is 1. The summed E-state index contributed by atoms with van der Waals surface area (Å²) in [5.41, 5.74) is -0.180. The number of ether oxygens (including phenoxy) is 1. The van der Waals surface area contributed by atoms with Crippen LogP contribution < -0.4 is 4.74 Å². The molecule has 0 amide bonds. The number of carboxylic acid groups (broad SMARTS) is 1. The van der Waals surface area contributed by atoms with E-state index >= 15 is 0 Å². The Morgan fingerprint density at radius 1 is 1.64 bits per heavy atom. The number of aromatic nitrogens is 1. The van der Waals surface area contributed by atoms with E-state index in [4.69, 9.17) is 5.11 Å². The highest BCUT2D eigenvalue weighted by atomic mass is 19.3. The van der Waals surface area contributed by atoms with Gasteiger partial charge in [-0.05, 0) is 6.07 Å². The monoisotopic (exact) mass is 203 g/mol. The molecule has 1 aromatic heterocycles. The van der Waals surface area contributed by atoms with Crippen molar-refractivity contribution in [2.75, 3.05) is 6.61 Å². The number of alkyl halides is 2. The van der Waals surface area contributed by atoms with Gasteiger partial charge >= 0.3 is 5.97 Å². The summed E-state index contributed by atoms with van der Waals surface area (Å²) >= 11 is 0. The fourth-order valence-electron chi connectivity index (χ4n) is 0.824. The van der Waals surface area contributed by atoms with Crippen molar-refractivity contribution in [3.05, 3.63) is 24.0 Å². The Morgan fingerprint density at radius 2 is 2.36 bits per heavy atom. The lowest BCUT2D eigenvalue weighted by molar-refractivity contribution is 0.0663. The minimum absolute atomic E-state index is 0.152. The van der Waals surface area contributed by atoms with Gasteiger partial charge < -0.3 is 9.84 Å². The Morgan fingerprint density at radius 3 is 2.93 bits per heavy atom. The predicted octanol–water partition coefficient (Wildman–Crippen LogP) is 1.42.